The van der Waals surface area contributed by atoms with Gasteiger partial charge in [0.1, 0.15) is 5.82 Å². The van der Waals surface area contributed by atoms with Gasteiger partial charge in [0.25, 0.3) is 0 Å². The second-order valence-electron chi connectivity index (χ2n) is 3.61. The third kappa shape index (κ3) is 2.60. The lowest BCUT2D eigenvalue weighted by Crippen LogP contribution is -2.02. The summed E-state index contributed by atoms with van der Waals surface area (Å²) < 4.78 is 13.4. The van der Waals surface area contributed by atoms with E-state index in [9.17, 15) is 9.18 Å². The van der Waals surface area contributed by atoms with Gasteiger partial charge >= 0.3 is 0 Å². The minimum absolute atomic E-state index is 0.119. The van der Waals surface area contributed by atoms with Crippen molar-refractivity contribution < 1.29 is 9.18 Å². The minimum atomic E-state index is -0.480. The van der Waals surface area contributed by atoms with Crippen LogP contribution in [0.1, 0.15) is 20.1 Å². The Morgan fingerprint density at radius 3 is 2.71 bits per heavy atom. The molecule has 0 aliphatic rings. The third-order valence-corrected chi connectivity index (χ3v) is 3.54. The quantitative estimate of drug-likeness (QED) is 0.846. The molecule has 0 bridgehead atoms. The summed E-state index contributed by atoms with van der Waals surface area (Å²) in [5, 5.41) is 0. The molecular weight excluding hydrogens is 237 g/mol. The van der Waals surface area contributed by atoms with Crippen LogP contribution in [-0.4, -0.2) is 12.3 Å². The van der Waals surface area contributed by atoms with Gasteiger partial charge in [-0.1, -0.05) is 12.1 Å². The van der Waals surface area contributed by atoms with Crippen LogP contribution in [0.5, 0.6) is 0 Å². The first-order chi connectivity index (χ1) is 8.22. The van der Waals surface area contributed by atoms with Crippen molar-refractivity contribution in [3.05, 3.63) is 57.5 Å². The Hall–Kier alpha value is -1.52. The largest absolute Gasteiger partial charge is 0.330 e. The van der Waals surface area contributed by atoms with Crippen LogP contribution < -0.4 is 5.73 Å². The second-order valence-corrected chi connectivity index (χ2v) is 4.78. The van der Waals surface area contributed by atoms with E-state index in [-0.39, 0.29) is 11.3 Å². The Bertz CT molecular complexity index is 536. The molecule has 0 aliphatic heterocycles. The number of benzene rings is 1. The summed E-state index contributed by atoms with van der Waals surface area (Å²) in [7, 11) is 0. The monoisotopic (exact) mass is 249 g/mol. The number of hydrogen-bond acceptors (Lipinski definition) is 3. The van der Waals surface area contributed by atoms with Gasteiger partial charge in [0, 0.05) is 4.88 Å². The van der Waals surface area contributed by atoms with Crippen LogP contribution in [0.4, 0.5) is 4.39 Å². The zero-order valence-corrected chi connectivity index (χ0v) is 9.97. The molecule has 1 heterocycles. The Balaban J connectivity index is 2.28. The Morgan fingerprint density at radius 1 is 1.24 bits per heavy atom. The first-order valence-corrected chi connectivity index (χ1v) is 6.12. The molecule has 0 fully saturated rings. The molecule has 4 heteroatoms. The zero-order valence-electron chi connectivity index (χ0n) is 9.15. The number of ketones is 1. The highest BCUT2D eigenvalue weighted by molar-refractivity contribution is 7.14. The molecule has 0 saturated carbocycles. The van der Waals surface area contributed by atoms with Crippen molar-refractivity contribution in [2.75, 3.05) is 6.54 Å². The van der Waals surface area contributed by atoms with Gasteiger partial charge in [-0.3, -0.25) is 4.79 Å². The van der Waals surface area contributed by atoms with Gasteiger partial charge < -0.3 is 5.73 Å². The number of carbonyl (C=O) groups excluding carboxylic acids is 1. The molecule has 0 radical (unpaired) electrons. The highest BCUT2D eigenvalue weighted by atomic mass is 32.1. The van der Waals surface area contributed by atoms with Crippen molar-refractivity contribution in [2.24, 2.45) is 5.73 Å². The molecule has 17 heavy (non-hydrogen) atoms. The SMILES string of the molecule is NCCc1ccc(C(=O)c2ccccc2F)s1. The molecule has 0 aliphatic carbocycles. The van der Waals surface area contributed by atoms with Crippen LogP contribution >= 0.6 is 11.3 Å². The summed E-state index contributed by atoms with van der Waals surface area (Å²) in [4.78, 5) is 13.6. The number of halogens is 1. The standard InChI is InChI=1S/C13H12FNOS/c14-11-4-2-1-3-10(11)13(16)12-6-5-9(17-12)7-8-15/h1-6H,7-8,15H2. The van der Waals surface area contributed by atoms with Crippen LogP contribution in [0.25, 0.3) is 0 Å². The first kappa shape index (κ1) is 12.0. The lowest BCUT2D eigenvalue weighted by atomic mass is 10.1. The molecule has 2 aromatic rings. The fourth-order valence-corrected chi connectivity index (χ4v) is 2.53. The molecule has 88 valence electrons. The van der Waals surface area contributed by atoms with Gasteiger partial charge in [0.05, 0.1) is 10.4 Å². The van der Waals surface area contributed by atoms with E-state index in [0.717, 1.165) is 11.3 Å². The highest BCUT2D eigenvalue weighted by Gasteiger charge is 2.15. The topological polar surface area (TPSA) is 43.1 Å². The molecule has 0 saturated heterocycles. The van der Waals surface area contributed by atoms with E-state index in [1.165, 1.54) is 23.5 Å². The van der Waals surface area contributed by atoms with E-state index in [1.54, 1.807) is 18.2 Å². The number of hydrogen-bond donors (Lipinski definition) is 1. The average Bonchev–Trinajstić information content (AvgIpc) is 2.78. The van der Waals surface area contributed by atoms with Crippen molar-refractivity contribution in [3.8, 4) is 0 Å². The molecule has 0 atom stereocenters. The fourth-order valence-electron chi connectivity index (χ4n) is 1.55. The predicted molar refractivity (Wildman–Crippen MR) is 66.9 cm³/mol. The lowest BCUT2D eigenvalue weighted by Gasteiger charge is -1.99. The van der Waals surface area contributed by atoms with Crippen LogP contribution in [-0.2, 0) is 6.42 Å². The van der Waals surface area contributed by atoms with Crippen LogP contribution in [0.2, 0.25) is 0 Å². The number of nitrogens with two attached hydrogens (primary N) is 1. The maximum atomic E-state index is 13.4. The van der Waals surface area contributed by atoms with Crippen LogP contribution in [0.15, 0.2) is 36.4 Å². The van der Waals surface area contributed by atoms with E-state index < -0.39 is 5.82 Å². The summed E-state index contributed by atoms with van der Waals surface area (Å²) in [6.45, 7) is 0.549. The lowest BCUT2D eigenvalue weighted by molar-refractivity contribution is 0.103. The summed E-state index contributed by atoms with van der Waals surface area (Å²) in [6.07, 6.45) is 0.745. The highest BCUT2D eigenvalue weighted by Crippen LogP contribution is 2.21. The molecule has 2 nitrogen and oxygen atoms in total. The van der Waals surface area contributed by atoms with E-state index in [0.29, 0.717) is 11.4 Å². The summed E-state index contributed by atoms with van der Waals surface area (Å²) >= 11 is 1.37. The summed E-state index contributed by atoms with van der Waals surface area (Å²) in [5.74, 6) is -0.748. The fraction of sp³-hybridized carbons (Fsp3) is 0.154. The molecule has 1 aromatic carbocycles. The van der Waals surface area contributed by atoms with E-state index in [1.807, 2.05) is 6.07 Å². The smallest absolute Gasteiger partial charge is 0.205 e. The van der Waals surface area contributed by atoms with Gasteiger partial charge in [-0.05, 0) is 37.2 Å². The maximum absolute atomic E-state index is 13.4. The van der Waals surface area contributed by atoms with E-state index in [4.69, 9.17) is 5.73 Å². The Kier molecular flexibility index (Phi) is 3.66. The molecule has 1 aromatic heterocycles. The second kappa shape index (κ2) is 5.21. The van der Waals surface area contributed by atoms with E-state index >= 15 is 0 Å². The van der Waals surface area contributed by atoms with Gasteiger partial charge in [0.15, 0.2) is 0 Å². The first-order valence-electron chi connectivity index (χ1n) is 5.30. The summed E-state index contributed by atoms with van der Waals surface area (Å²) in [5.41, 5.74) is 5.56. The molecule has 0 spiro atoms. The van der Waals surface area contributed by atoms with Gasteiger partial charge in [-0.15, -0.1) is 11.3 Å². The van der Waals surface area contributed by atoms with Gasteiger partial charge in [0.2, 0.25) is 5.78 Å². The normalized spacial score (nSPS) is 10.5. The summed E-state index contributed by atoms with van der Waals surface area (Å²) in [6, 6.07) is 9.61. The third-order valence-electron chi connectivity index (χ3n) is 2.39. The Morgan fingerprint density at radius 2 is 2.00 bits per heavy atom. The van der Waals surface area contributed by atoms with Crippen LogP contribution in [0.3, 0.4) is 0 Å². The average molecular weight is 249 g/mol. The molecule has 0 unspecified atom stereocenters. The maximum Gasteiger partial charge on any atom is 0.205 e. The van der Waals surface area contributed by atoms with E-state index in [2.05, 4.69) is 0 Å². The molecule has 0 amide bonds. The molecule has 2 rings (SSSR count). The van der Waals surface area contributed by atoms with Crippen molar-refractivity contribution in [1.82, 2.24) is 0 Å². The zero-order chi connectivity index (χ0) is 12.3. The van der Waals surface area contributed by atoms with Crippen molar-refractivity contribution in [3.63, 3.8) is 0 Å². The number of thiophene rings is 1. The molecule has 2 N–H and O–H groups in total. The minimum Gasteiger partial charge on any atom is -0.330 e. The van der Waals surface area contributed by atoms with Crippen molar-refractivity contribution >= 4 is 17.1 Å². The number of rotatable bonds is 4. The van der Waals surface area contributed by atoms with Crippen LogP contribution in [0, 0.1) is 5.82 Å². The Labute approximate surface area is 103 Å². The van der Waals surface area contributed by atoms with Crippen molar-refractivity contribution in [2.45, 2.75) is 6.42 Å². The van der Waals surface area contributed by atoms with Crippen molar-refractivity contribution in [1.29, 1.82) is 0 Å². The van der Waals surface area contributed by atoms with Gasteiger partial charge in [-0.25, -0.2) is 4.39 Å². The van der Waals surface area contributed by atoms with Gasteiger partial charge in [-0.2, -0.15) is 0 Å². The molecular formula is C13H12FNOS. The predicted octanol–water partition coefficient (Wildman–Crippen LogP) is 2.62. The number of carbonyl (C=O) groups is 1.